The SMILES string of the molecule is CCc1ccnc(/C=N/CC=N)c1. The van der Waals surface area contributed by atoms with Crippen molar-refractivity contribution in [3.05, 3.63) is 29.6 Å². The lowest BCUT2D eigenvalue weighted by molar-refractivity contribution is 1.11. The monoisotopic (exact) mass is 175 g/mol. The van der Waals surface area contributed by atoms with E-state index in [-0.39, 0.29) is 0 Å². The van der Waals surface area contributed by atoms with Gasteiger partial charge in [-0.3, -0.25) is 9.98 Å². The molecule has 1 aromatic heterocycles. The third-order valence-corrected chi connectivity index (χ3v) is 1.67. The summed E-state index contributed by atoms with van der Waals surface area (Å²) in [6.45, 7) is 2.53. The van der Waals surface area contributed by atoms with Crippen molar-refractivity contribution < 1.29 is 0 Å². The van der Waals surface area contributed by atoms with Crippen molar-refractivity contribution in [2.45, 2.75) is 13.3 Å². The van der Waals surface area contributed by atoms with Crippen molar-refractivity contribution in [1.29, 1.82) is 5.41 Å². The van der Waals surface area contributed by atoms with Crippen LogP contribution in [0.15, 0.2) is 23.3 Å². The Hall–Kier alpha value is -1.51. The zero-order valence-corrected chi connectivity index (χ0v) is 7.70. The van der Waals surface area contributed by atoms with Gasteiger partial charge in [0.2, 0.25) is 0 Å². The van der Waals surface area contributed by atoms with Crippen LogP contribution in [0.4, 0.5) is 0 Å². The Balaban J connectivity index is 2.71. The minimum atomic E-state index is 0.429. The Labute approximate surface area is 78.1 Å². The van der Waals surface area contributed by atoms with Gasteiger partial charge in [-0.25, -0.2) is 0 Å². The van der Waals surface area contributed by atoms with Crippen LogP contribution in [-0.4, -0.2) is 24.0 Å². The number of pyridine rings is 1. The van der Waals surface area contributed by atoms with E-state index in [1.807, 2.05) is 12.1 Å². The molecule has 0 atom stereocenters. The van der Waals surface area contributed by atoms with Crippen molar-refractivity contribution in [1.82, 2.24) is 4.98 Å². The van der Waals surface area contributed by atoms with Gasteiger partial charge in [-0.1, -0.05) is 6.92 Å². The lowest BCUT2D eigenvalue weighted by atomic mass is 10.2. The van der Waals surface area contributed by atoms with E-state index in [0.29, 0.717) is 6.54 Å². The summed E-state index contributed by atoms with van der Waals surface area (Å²) < 4.78 is 0. The third-order valence-electron chi connectivity index (χ3n) is 1.67. The van der Waals surface area contributed by atoms with Crippen LogP contribution in [0, 0.1) is 5.41 Å². The summed E-state index contributed by atoms with van der Waals surface area (Å²) in [5, 5.41) is 6.79. The predicted octanol–water partition coefficient (Wildman–Crippen LogP) is 1.71. The fourth-order valence-corrected chi connectivity index (χ4v) is 0.984. The standard InChI is InChI=1S/C10H13N3/c1-2-9-3-5-13-10(7-9)8-12-6-4-11/h3-5,7-8,11H,2,6H2,1H3/b11-4?,12-8+. The van der Waals surface area contributed by atoms with Crippen LogP contribution < -0.4 is 0 Å². The average molecular weight is 175 g/mol. The minimum absolute atomic E-state index is 0.429. The van der Waals surface area contributed by atoms with E-state index in [0.717, 1.165) is 12.1 Å². The van der Waals surface area contributed by atoms with Gasteiger partial charge < -0.3 is 5.41 Å². The largest absolute Gasteiger partial charge is 0.311 e. The van der Waals surface area contributed by atoms with Gasteiger partial charge in [0.1, 0.15) is 0 Å². The van der Waals surface area contributed by atoms with Gasteiger partial charge in [0.25, 0.3) is 0 Å². The molecule has 0 aliphatic carbocycles. The normalized spacial score (nSPS) is 10.5. The van der Waals surface area contributed by atoms with Crippen molar-refractivity contribution >= 4 is 12.4 Å². The van der Waals surface area contributed by atoms with Gasteiger partial charge in [0.15, 0.2) is 0 Å². The molecule has 13 heavy (non-hydrogen) atoms. The first-order chi connectivity index (χ1) is 6.36. The molecule has 0 unspecified atom stereocenters. The quantitative estimate of drug-likeness (QED) is 0.696. The first kappa shape index (κ1) is 9.58. The smallest absolute Gasteiger partial charge is 0.0810 e. The lowest BCUT2D eigenvalue weighted by Crippen LogP contribution is -1.91. The molecule has 0 radical (unpaired) electrons. The topological polar surface area (TPSA) is 49.1 Å². The molecule has 68 valence electrons. The Morgan fingerprint density at radius 3 is 3.15 bits per heavy atom. The van der Waals surface area contributed by atoms with Crippen LogP contribution in [0.5, 0.6) is 0 Å². The molecule has 0 aromatic carbocycles. The molecule has 0 aliphatic rings. The van der Waals surface area contributed by atoms with Crippen LogP contribution in [0.2, 0.25) is 0 Å². The Morgan fingerprint density at radius 2 is 2.46 bits per heavy atom. The number of nitrogens with zero attached hydrogens (tertiary/aromatic N) is 2. The summed E-state index contributed by atoms with van der Waals surface area (Å²) >= 11 is 0. The van der Waals surface area contributed by atoms with Gasteiger partial charge in [-0.15, -0.1) is 0 Å². The predicted molar refractivity (Wildman–Crippen MR) is 54.9 cm³/mol. The van der Waals surface area contributed by atoms with Gasteiger partial charge >= 0.3 is 0 Å². The summed E-state index contributed by atoms with van der Waals surface area (Å²) in [5.41, 5.74) is 2.12. The van der Waals surface area contributed by atoms with E-state index in [4.69, 9.17) is 5.41 Å². The number of nitrogens with one attached hydrogen (secondary N) is 1. The minimum Gasteiger partial charge on any atom is -0.311 e. The molecule has 0 aliphatic heterocycles. The summed E-state index contributed by atoms with van der Waals surface area (Å²) in [4.78, 5) is 8.14. The van der Waals surface area contributed by atoms with E-state index >= 15 is 0 Å². The maximum atomic E-state index is 6.79. The number of hydrogen-bond donors (Lipinski definition) is 1. The number of aliphatic imine (C=N–C) groups is 1. The maximum Gasteiger partial charge on any atom is 0.0810 e. The summed E-state index contributed by atoms with van der Waals surface area (Å²) in [6, 6.07) is 4.00. The van der Waals surface area contributed by atoms with Crippen LogP contribution >= 0.6 is 0 Å². The van der Waals surface area contributed by atoms with E-state index in [1.165, 1.54) is 11.8 Å². The average Bonchev–Trinajstić information content (AvgIpc) is 2.19. The van der Waals surface area contributed by atoms with Crippen LogP contribution in [0.25, 0.3) is 0 Å². The van der Waals surface area contributed by atoms with Gasteiger partial charge in [-0.2, -0.15) is 0 Å². The Morgan fingerprint density at radius 1 is 1.62 bits per heavy atom. The summed E-state index contributed by atoms with van der Waals surface area (Å²) in [6.07, 6.45) is 5.75. The van der Waals surface area contributed by atoms with E-state index in [9.17, 15) is 0 Å². The first-order valence-corrected chi connectivity index (χ1v) is 4.30. The number of aromatic nitrogens is 1. The van der Waals surface area contributed by atoms with E-state index in [2.05, 4.69) is 16.9 Å². The second kappa shape index (κ2) is 5.19. The molecule has 0 saturated heterocycles. The third kappa shape index (κ3) is 3.15. The molecule has 1 aromatic rings. The van der Waals surface area contributed by atoms with Gasteiger partial charge in [-0.05, 0) is 24.1 Å². The van der Waals surface area contributed by atoms with Crippen molar-refractivity contribution in [2.75, 3.05) is 6.54 Å². The van der Waals surface area contributed by atoms with Crippen LogP contribution in [0.1, 0.15) is 18.2 Å². The van der Waals surface area contributed by atoms with Crippen LogP contribution in [-0.2, 0) is 6.42 Å². The van der Waals surface area contributed by atoms with Gasteiger partial charge in [0.05, 0.1) is 12.2 Å². The molecule has 1 rings (SSSR count). The first-order valence-electron chi connectivity index (χ1n) is 4.30. The highest BCUT2D eigenvalue weighted by Crippen LogP contribution is 2.00. The lowest BCUT2D eigenvalue weighted by Gasteiger charge is -1.96. The maximum absolute atomic E-state index is 6.79. The molecule has 1 N–H and O–H groups in total. The fourth-order valence-electron chi connectivity index (χ4n) is 0.984. The number of aryl methyl sites for hydroxylation is 1. The molecule has 0 spiro atoms. The molecule has 0 fully saturated rings. The Bertz CT molecular complexity index is 305. The second-order valence-corrected chi connectivity index (χ2v) is 2.64. The Kier molecular flexibility index (Phi) is 3.82. The molecule has 0 saturated carbocycles. The summed E-state index contributed by atoms with van der Waals surface area (Å²) in [5.74, 6) is 0. The van der Waals surface area contributed by atoms with Crippen LogP contribution in [0.3, 0.4) is 0 Å². The molecule has 3 heteroatoms. The summed E-state index contributed by atoms with van der Waals surface area (Å²) in [7, 11) is 0. The highest BCUT2D eigenvalue weighted by molar-refractivity contribution is 5.78. The van der Waals surface area contributed by atoms with E-state index in [1.54, 1.807) is 12.4 Å². The molecule has 0 bridgehead atoms. The van der Waals surface area contributed by atoms with Crippen molar-refractivity contribution in [2.24, 2.45) is 4.99 Å². The number of hydrogen-bond acceptors (Lipinski definition) is 3. The fraction of sp³-hybridized carbons (Fsp3) is 0.300. The zero-order valence-electron chi connectivity index (χ0n) is 7.70. The molecule has 1 heterocycles. The molecular formula is C10H13N3. The number of rotatable bonds is 4. The second-order valence-electron chi connectivity index (χ2n) is 2.64. The molecule has 0 amide bonds. The molecular weight excluding hydrogens is 162 g/mol. The van der Waals surface area contributed by atoms with Gasteiger partial charge in [0, 0.05) is 18.6 Å². The zero-order chi connectivity index (χ0) is 9.52. The van der Waals surface area contributed by atoms with E-state index < -0.39 is 0 Å². The highest BCUT2D eigenvalue weighted by Gasteiger charge is 1.91. The molecule has 3 nitrogen and oxygen atoms in total. The van der Waals surface area contributed by atoms with Crippen molar-refractivity contribution in [3.63, 3.8) is 0 Å². The highest BCUT2D eigenvalue weighted by atomic mass is 14.7. The van der Waals surface area contributed by atoms with Crippen molar-refractivity contribution in [3.8, 4) is 0 Å².